The van der Waals surface area contributed by atoms with Crippen LogP contribution in [0.3, 0.4) is 0 Å². The van der Waals surface area contributed by atoms with Gasteiger partial charge in [-0.05, 0) is 17.5 Å². The molecule has 3 rings (SSSR count). The Bertz CT molecular complexity index is 806. The third-order valence-corrected chi connectivity index (χ3v) is 4.50. The molecule has 0 N–H and O–H groups in total. The summed E-state index contributed by atoms with van der Waals surface area (Å²) in [5, 5.41) is 0. The van der Waals surface area contributed by atoms with Crippen molar-refractivity contribution >= 4 is 17.8 Å². The van der Waals surface area contributed by atoms with Crippen LogP contribution < -0.4 is 0 Å². The second-order valence-corrected chi connectivity index (χ2v) is 6.72. The van der Waals surface area contributed by atoms with Gasteiger partial charge in [0.2, 0.25) is 6.10 Å². The minimum Gasteiger partial charge on any atom is -0.458 e. The topological polar surface area (TPSA) is 72.9 Å². The van der Waals surface area contributed by atoms with Crippen LogP contribution in [0, 0.1) is 0 Å². The van der Waals surface area contributed by atoms with Gasteiger partial charge in [-0.2, -0.15) is 0 Å². The van der Waals surface area contributed by atoms with E-state index < -0.39 is 18.2 Å². The molecular formula is C22H23NO5. The molecule has 1 fully saturated rings. The number of carbonyl (C=O) groups is 3. The molecule has 28 heavy (non-hydrogen) atoms. The molecule has 6 heteroatoms. The number of hydrogen-bond donors (Lipinski definition) is 0. The van der Waals surface area contributed by atoms with E-state index in [-0.39, 0.29) is 25.4 Å². The quantitative estimate of drug-likeness (QED) is 0.719. The van der Waals surface area contributed by atoms with Crippen LogP contribution in [0.15, 0.2) is 60.7 Å². The first-order chi connectivity index (χ1) is 13.6. The van der Waals surface area contributed by atoms with Crippen molar-refractivity contribution < 1.29 is 23.9 Å². The lowest BCUT2D eigenvalue weighted by atomic mass is 10.1. The molecule has 0 aromatic heterocycles. The summed E-state index contributed by atoms with van der Waals surface area (Å²) in [6.07, 6.45) is -0.449. The van der Waals surface area contributed by atoms with Gasteiger partial charge in [-0.25, -0.2) is 9.59 Å². The Hall–Kier alpha value is -3.15. The number of amides is 1. The van der Waals surface area contributed by atoms with E-state index in [0.717, 1.165) is 11.1 Å². The van der Waals surface area contributed by atoms with Gasteiger partial charge in [0, 0.05) is 19.4 Å². The lowest BCUT2D eigenvalue weighted by molar-refractivity contribution is -0.155. The predicted octanol–water partition coefficient (Wildman–Crippen LogP) is 3.14. The van der Waals surface area contributed by atoms with E-state index in [1.807, 2.05) is 60.7 Å². The lowest BCUT2D eigenvalue weighted by Crippen LogP contribution is -2.43. The fourth-order valence-electron chi connectivity index (χ4n) is 3.01. The zero-order valence-corrected chi connectivity index (χ0v) is 15.6. The number of esters is 1. The van der Waals surface area contributed by atoms with Gasteiger partial charge in [0.1, 0.15) is 6.61 Å². The maximum Gasteiger partial charge on any atom is 0.411 e. The number of rotatable bonds is 6. The van der Waals surface area contributed by atoms with Gasteiger partial charge >= 0.3 is 12.1 Å². The Labute approximate surface area is 164 Å². The zero-order chi connectivity index (χ0) is 19.8. The van der Waals surface area contributed by atoms with Crippen LogP contribution >= 0.6 is 0 Å². The van der Waals surface area contributed by atoms with Crippen LogP contribution in [0.5, 0.6) is 0 Å². The van der Waals surface area contributed by atoms with Crippen molar-refractivity contribution in [2.45, 2.75) is 32.0 Å². The maximum absolute atomic E-state index is 12.6. The Morgan fingerprint density at radius 1 is 0.964 bits per heavy atom. The van der Waals surface area contributed by atoms with E-state index in [0.29, 0.717) is 19.4 Å². The van der Waals surface area contributed by atoms with Crippen LogP contribution in [-0.2, 0) is 32.1 Å². The number of carbonyl (C=O) groups excluding carboxylic acids is 3. The summed E-state index contributed by atoms with van der Waals surface area (Å²) < 4.78 is 10.8. The summed E-state index contributed by atoms with van der Waals surface area (Å²) >= 11 is 0. The van der Waals surface area contributed by atoms with E-state index in [1.54, 1.807) is 0 Å². The highest BCUT2D eigenvalue weighted by Gasteiger charge is 2.29. The average Bonchev–Trinajstić information content (AvgIpc) is 2.73. The highest BCUT2D eigenvalue weighted by molar-refractivity contribution is 5.86. The minimum atomic E-state index is -1.07. The summed E-state index contributed by atoms with van der Waals surface area (Å²) in [5.74, 6) is -0.612. The first-order valence-electron chi connectivity index (χ1n) is 9.33. The van der Waals surface area contributed by atoms with Crippen LogP contribution in [0.2, 0.25) is 0 Å². The number of ether oxygens (including phenoxy) is 2. The number of ketones is 1. The first-order valence-corrected chi connectivity index (χ1v) is 9.33. The van der Waals surface area contributed by atoms with Crippen LogP contribution in [0.25, 0.3) is 0 Å². The fourth-order valence-corrected chi connectivity index (χ4v) is 3.01. The van der Waals surface area contributed by atoms with Crippen molar-refractivity contribution in [3.8, 4) is 0 Å². The maximum atomic E-state index is 12.6. The smallest absolute Gasteiger partial charge is 0.411 e. The Morgan fingerprint density at radius 3 is 2.25 bits per heavy atom. The molecule has 1 aliphatic rings. The molecule has 1 unspecified atom stereocenters. The van der Waals surface area contributed by atoms with Gasteiger partial charge in [-0.1, -0.05) is 60.7 Å². The molecule has 0 bridgehead atoms. The summed E-state index contributed by atoms with van der Waals surface area (Å²) in [7, 11) is 0. The molecule has 146 valence electrons. The van der Waals surface area contributed by atoms with Crippen LogP contribution in [0.4, 0.5) is 4.79 Å². The van der Waals surface area contributed by atoms with E-state index in [1.165, 1.54) is 4.90 Å². The molecule has 0 spiro atoms. The van der Waals surface area contributed by atoms with Gasteiger partial charge in [0.05, 0.1) is 6.54 Å². The first kappa shape index (κ1) is 19.6. The third-order valence-electron chi connectivity index (χ3n) is 4.50. The van der Waals surface area contributed by atoms with Crippen molar-refractivity contribution in [3.05, 3.63) is 71.8 Å². The molecule has 1 saturated heterocycles. The number of Topliss-reactive ketones (excluding diaryl/α,β-unsaturated/α-hetero) is 1. The number of piperidine rings is 1. The summed E-state index contributed by atoms with van der Waals surface area (Å²) in [5.41, 5.74) is 1.70. The Morgan fingerprint density at radius 2 is 1.61 bits per heavy atom. The second kappa shape index (κ2) is 9.69. The van der Waals surface area contributed by atoms with E-state index in [4.69, 9.17) is 9.47 Å². The predicted molar refractivity (Wildman–Crippen MR) is 102 cm³/mol. The van der Waals surface area contributed by atoms with Crippen molar-refractivity contribution in [2.75, 3.05) is 13.1 Å². The highest BCUT2D eigenvalue weighted by Crippen LogP contribution is 2.14. The number of nitrogens with zero attached hydrogens (tertiary/aromatic N) is 1. The second-order valence-electron chi connectivity index (χ2n) is 6.72. The minimum absolute atomic E-state index is 0.00513. The third kappa shape index (κ3) is 5.67. The molecular weight excluding hydrogens is 358 g/mol. The summed E-state index contributed by atoms with van der Waals surface area (Å²) in [4.78, 5) is 38.0. The molecule has 1 aliphatic heterocycles. The van der Waals surface area contributed by atoms with Crippen LogP contribution in [-0.4, -0.2) is 41.9 Å². The largest absolute Gasteiger partial charge is 0.458 e. The Kier molecular flexibility index (Phi) is 6.78. The standard InChI is InChI=1S/C22H23NO5/c24-19-12-7-13-23(15-19)22(26)28-20(14-17-8-3-1-4-9-17)21(25)27-16-18-10-5-2-6-11-18/h1-6,8-11,20H,7,12-16H2. The zero-order valence-electron chi connectivity index (χ0n) is 15.6. The molecule has 0 saturated carbocycles. The SMILES string of the molecule is O=C1CCCN(C(=O)OC(Cc2ccccc2)C(=O)OCc2ccccc2)C1. The molecule has 1 amide bonds. The van der Waals surface area contributed by atoms with E-state index >= 15 is 0 Å². The normalized spacial score (nSPS) is 15.0. The fraction of sp³-hybridized carbons (Fsp3) is 0.318. The highest BCUT2D eigenvalue weighted by atomic mass is 16.6. The Balaban J connectivity index is 1.66. The van der Waals surface area contributed by atoms with Gasteiger partial charge in [0.15, 0.2) is 5.78 Å². The van der Waals surface area contributed by atoms with Gasteiger partial charge in [0.25, 0.3) is 0 Å². The van der Waals surface area contributed by atoms with Gasteiger partial charge < -0.3 is 14.4 Å². The number of benzene rings is 2. The molecule has 1 heterocycles. The lowest BCUT2D eigenvalue weighted by Gasteiger charge is -2.27. The van der Waals surface area contributed by atoms with E-state index in [9.17, 15) is 14.4 Å². The number of likely N-dealkylation sites (tertiary alicyclic amines) is 1. The molecule has 2 aromatic carbocycles. The van der Waals surface area contributed by atoms with Gasteiger partial charge in [-0.3, -0.25) is 4.79 Å². The van der Waals surface area contributed by atoms with Crippen molar-refractivity contribution in [3.63, 3.8) is 0 Å². The van der Waals surface area contributed by atoms with Gasteiger partial charge in [-0.15, -0.1) is 0 Å². The van der Waals surface area contributed by atoms with Crippen molar-refractivity contribution in [1.29, 1.82) is 0 Å². The summed E-state index contributed by atoms with van der Waals surface area (Å²) in [6, 6.07) is 18.6. The number of hydrogen-bond acceptors (Lipinski definition) is 5. The molecule has 2 aromatic rings. The van der Waals surface area contributed by atoms with E-state index in [2.05, 4.69) is 0 Å². The van der Waals surface area contributed by atoms with Crippen molar-refractivity contribution in [1.82, 2.24) is 4.90 Å². The molecule has 0 aliphatic carbocycles. The molecule has 6 nitrogen and oxygen atoms in total. The van der Waals surface area contributed by atoms with Crippen molar-refractivity contribution in [2.24, 2.45) is 0 Å². The summed E-state index contributed by atoms with van der Waals surface area (Å²) in [6.45, 7) is 0.572. The molecule has 1 atom stereocenters. The monoisotopic (exact) mass is 381 g/mol. The average molecular weight is 381 g/mol. The van der Waals surface area contributed by atoms with Crippen LogP contribution in [0.1, 0.15) is 24.0 Å². The molecule has 0 radical (unpaired) electrons.